The second-order valence-corrected chi connectivity index (χ2v) is 7.30. The molecule has 2 aliphatic heterocycles. The van der Waals surface area contributed by atoms with Gasteiger partial charge in [0, 0.05) is 64.4 Å². The normalized spacial score (nSPS) is 25.6. The van der Waals surface area contributed by atoms with Crippen LogP contribution in [0.15, 0.2) is 0 Å². The molecule has 0 unspecified atom stereocenters. The van der Waals surface area contributed by atoms with Crippen molar-refractivity contribution in [3.8, 4) is 0 Å². The maximum Gasteiger partial charge on any atom is 0.0113 e. The first-order valence-corrected chi connectivity index (χ1v) is 8.95. The minimum atomic E-state index is 0.708. The molecule has 2 fully saturated rings. The molecule has 0 aromatic heterocycles. The van der Waals surface area contributed by atoms with Crippen molar-refractivity contribution in [3.63, 3.8) is 0 Å². The molecule has 0 aromatic rings. The van der Waals surface area contributed by atoms with E-state index in [0.29, 0.717) is 6.04 Å². The van der Waals surface area contributed by atoms with Gasteiger partial charge in [0.25, 0.3) is 0 Å². The van der Waals surface area contributed by atoms with Gasteiger partial charge in [-0.3, -0.25) is 9.80 Å². The van der Waals surface area contributed by atoms with E-state index in [1.54, 1.807) is 0 Å². The van der Waals surface area contributed by atoms with Crippen LogP contribution in [0.3, 0.4) is 0 Å². The van der Waals surface area contributed by atoms with Crippen LogP contribution < -0.4 is 0 Å². The smallest absolute Gasteiger partial charge is 0.0113 e. The molecule has 0 amide bonds. The fourth-order valence-electron chi connectivity index (χ4n) is 3.56. The zero-order valence-corrected chi connectivity index (χ0v) is 14.7. The predicted octanol–water partition coefficient (Wildman–Crippen LogP) is 1.43. The Labute approximate surface area is 132 Å². The Kier molecular flexibility index (Phi) is 6.93. The molecular formula is C17H36N4. The highest BCUT2D eigenvalue weighted by atomic mass is 15.3. The highest BCUT2D eigenvalue weighted by molar-refractivity contribution is 4.78. The van der Waals surface area contributed by atoms with Crippen molar-refractivity contribution in [1.29, 1.82) is 0 Å². The molecule has 0 N–H and O–H groups in total. The summed E-state index contributed by atoms with van der Waals surface area (Å²) in [4.78, 5) is 10.4. The van der Waals surface area contributed by atoms with Gasteiger partial charge >= 0.3 is 0 Å². The number of hydrogen-bond donors (Lipinski definition) is 0. The SMILES string of the molecule is CC(C)N1CCN([C@@H](C)CCCN2CCN(C)CC2)CC1. The summed E-state index contributed by atoms with van der Waals surface area (Å²) in [5.41, 5.74) is 0. The highest BCUT2D eigenvalue weighted by Crippen LogP contribution is 2.13. The monoisotopic (exact) mass is 296 g/mol. The van der Waals surface area contributed by atoms with Crippen LogP contribution in [-0.4, -0.2) is 97.6 Å². The zero-order chi connectivity index (χ0) is 15.2. The third-order valence-electron chi connectivity index (χ3n) is 5.39. The molecule has 0 aliphatic carbocycles. The van der Waals surface area contributed by atoms with E-state index in [4.69, 9.17) is 0 Å². The zero-order valence-electron chi connectivity index (χ0n) is 14.7. The fraction of sp³-hybridized carbons (Fsp3) is 1.00. The standard InChI is InChI=1S/C17H36N4/c1-16(2)20-12-14-21(15-13-20)17(3)6-5-7-19-10-8-18(4)9-11-19/h16-17H,5-15H2,1-4H3/t17-/m0/s1. The molecule has 124 valence electrons. The minimum absolute atomic E-state index is 0.708. The summed E-state index contributed by atoms with van der Waals surface area (Å²) in [6, 6.07) is 1.46. The number of piperazine rings is 2. The second-order valence-electron chi connectivity index (χ2n) is 7.30. The lowest BCUT2D eigenvalue weighted by Crippen LogP contribution is -2.51. The molecule has 0 bridgehead atoms. The summed E-state index contributed by atoms with van der Waals surface area (Å²) >= 11 is 0. The van der Waals surface area contributed by atoms with Crippen LogP contribution in [-0.2, 0) is 0 Å². The van der Waals surface area contributed by atoms with Crippen molar-refractivity contribution in [2.45, 2.75) is 45.7 Å². The Morgan fingerprint density at radius 3 is 1.90 bits per heavy atom. The van der Waals surface area contributed by atoms with E-state index < -0.39 is 0 Å². The summed E-state index contributed by atoms with van der Waals surface area (Å²) in [5, 5.41) is 0. The summed E-state index contributed by atoms with van der Waals surface area (Å²) in [7, 11) is 2.23. The van der Waals surface area contributed by atoms with E-state index in [2.05, 4.69) is 47.4 Å². The van der Waals surface area contributed by atoms with Crippen LogP contribution in [0.5, 0.6) is 0 Å². The molecule has 2 saturated heterocycles. The lowest BCUT2D eigenvalue weighted by atomic mass is 10.1. The van der Waals surface area contributed by atoms with Crippen molar-refractivity contribution in [1.82, 2.24) is 19.6 Å². The van der Waals surface area contributed by atoms with Crippen molar-refractivity contribution >= 4 is 0 Å². The number of hydrogen-bond acceptors (Lipinski definition) is 4. The Bertz CT molecular complexity index is 279. The maximum atomic E-state index is 2.70. The molecule has 0 radical (unpaired) electrons. The third kappa shape index (κ3) is 5.51. The number of likely N-dealkylation sites (N-methyl/N-ethyl adjacent to an activating group) is 1. The van der Waals surface area contributed by atoms with E-state index >= 15 is 0 Å². The largest absolute Gasteiger partial charge is 0.304 e. The topological polar surface area (TPSA) is 13.0 Å². The van der Waals surface area contributed by atoms with Gasteiger partial charge in [-0.05, 0) is 47.2 Å². The quantitative estimate of drug-likeness (QED) is 0.735. The van der Waals surface area contributed by atoms with Crippen molar-refractivity contribution in [2.75, 3.05) is 66.0 Å². The number of rotatable bonds is 6. The molecule has 4 nitrogen and oxygen atoms in total. The molecule has 0 aromatic carbocycles. The highest BCUT2D eigenvalue weighted by Gasteiger charge is 2.22. The van der Waals surface area contributed by atoms with E-state index in [0.717, 1.165) is 6.04 Å². The molecule has 1 atom stereocenters. The lowest BCUT2D eigenvalue weighted by molar-refractivity contribution is 0.0775. The van der Waals surface area contributed by atoms with Gasteiger partial charge in [0.05, 0.1) is 0 Å². The molecule has 0 saturated carbocycles. The van der Waals surface area contributed by atoms with Crippen molar-refractivity contribution in [2.24, 2.45) is 0 Å². The average Bonchev–Trinajstić information content (AvgIpc) is 2.49. The molecular weight excluding hydrogens is 260 g/mol. The Balaban J connectivity index is 1.58. The Morgan fingerprint density at radius 2 is 1.33 bits per heavy atom. The van der Waals surface area contributed by atoms with Crippen molar-refractivity contribution in [3.05, 3.63) is 0 Å². The van der Waals surface area contributed by atoms with Crippen LogP contribution in [0.25, 0.3) is 0 Å². The fourth-order valence-corrected chi connectivity index (χ4v) is 3.56. The first kappa shape index (κ1) is 17.2. The van der Waals surface area contributed by atoms with Gasteiger partial charge in [-0.1, -0.05) is 0 Å². The van der Waals surface area contributed by atoms with Gasteiger partial charge in [0.15, 0.2) is 0 Å². The van der Waals surface area contributed by atoms with E-state index in [-0.39, 0.29) is 0 Å². The summed E-state index contributed by atoms with van der Waals surface area (Å²) in [6.07, 6.45) is 2.71. The van der Waals surface area contributed by atoms with Gasteiger partial charge in [0.1, 0.15) is 0 Å². The van der Waals surface area contributed by atoms with Gasteiger partial charge in [0.2, 0.25) is 0 Å². The average molecular weight is 297 g/mol. The molecule has 4 heteroatoms. The van der Waals surface area contributed by atoms with Crippen LogP contribution >= 0.6 is 0 Å². The van der Waals surface area contributed by atoms with Crippen LogP contribution in [0.4, 0.5) is 0 Å². The Hall–Kier alpha value is -0.160. The maximum absolute atomic E-state index is 2.70. The van der Waals surface area contributed by atoms with E-state index in [9.17, 15) is 0 Å². The summed E-state index contributed by atoms with van der Waals surface area (Å²) in [5.74, 6) is 0. The lowest BCUT2D eigenvalue weighted by Gasteiger charge is -2.40. The first-order valence-electron chi connectivity index (χ1n) is 8.95. The summed E-state index contributed by atoms with van der Waals surface area (Å²) in [6.45, 7) is 18.4. The summed E-state index contributed by atoms with van der Waals surface area (Å²) < 4.78 is 0. The van der Waals surface area contributed by atoms with Crippen LogP contribution in [0.1, 0.15) is 33.6 Å². The third-order valence-corrected chi connectivity index (χ3v) is 5.39. The van der Waals surface area contributed by atoms with Crippen LogP contribution in [0, 0.1) is 0 Å². The molecule has 2 aliphatic rings. The van der Waals surface area contributed by atoms with Gasteiger partial charge in [-0.25, -0.2) is 0 Å². The first-order chi connectivity index (χ1) is 10.1. The van der Waals surface area contributed by atoms with Crippen LogP contribution in [0.2, 0.25) is 0 Å². The van der Waals surface area contributed by atoms with E-state index in [1.807, 2.05) is 0 Å². The van der Waals surface area contributed by atoms with Crippen molar-refractivity contribution < 1.29 is 0 Å². The van der Waals surface area contributed by atoms with Gasteiger partial charge < -0.3 is 9.80 Å². The molecule has 2 rings (SSSR count). The predicted molar refractivity (Wildman–Crippen MR) is 90.9 cm³/mol. The van der Waals surface area contributed by atoms with E-state index in [1.165, 1.54) is 71.7 Å². The molecule has 0 spiro atoms. The van der Waals surface area contributed by atoms with Gasteiger partial charge in [-0.2, -0.15) is 0 Å². The minimum Gasteiger partial charge on any atom is -0.304 e. The van der Waals surface area contributed by atoms with Gasteiger partial charge in [-0.15, -0.1) is 0 Å². The second kappa shape index (κ2) is 8.47. The number of nitrogens with zero attached hydrogens (tertiary/aromatic N) is 4. The molecule has 2 heterocycles. The molecule has 21 heavy (non-hydrogen) atoms. The Morgan fingerprint density at radius 1 is 0.762 bits per heavy atom.